The van der Waals surface area contributed by atoms with Crippen molar-refractivity contribution in [2.75, 3.05) is 19.6 Å². The van der Waals surface area contributed by atoms with E-state index in [9.17, 15) is 4.79 Å². The van der Waals surface area contributed by atoms with Crippen LogP contribution in [0, 0.1) is 0 Å². The summed E-state index contributed by atoms with van der Waals surface area (Å²) >= 11 is 0. The molecule has 4 nitrogen and oxygen atoms in total. The summed E-state index contributed by atoms with van der Waals surface area (Å²) in [5, 5.41) is 3.45. The number of nitrogens with one attached hydrogen (secondary N) is 1. The first-order valence-corrected chi connectivity index (χ1v) is 7.98. The SMILES string of the molecule is CCCCC1NC(C)N(CC2CCCN2CC)C1=O. The monoisotopic (exact) mass is 267 g/mol. The third-order valence-corrected chi connectivity index (χ3v) is 4.65. The van der Waals surface area contributed by atoms with Gasteiger partial charge in [-0.1, -0.05) is 26.7 Å². The van der Waals surface area contributed by atoms with Gasteiger partial charge >= 0.3 is 0 Å². The van der Waals surface area contributed by atoms with Crippen LogP contribution in [0.4, 0.5) is 0 Å². The first-order chi connectivity index (χ1) is 9.17. The van der Waals surface area contributed by atoms with Crippen molar-refractivity contribution < 1.29 is 4.79 Å². The standard InChI is InChI=1S/C15H29N3O/c1-4-6-9-14-15(19)18(12(3)16-14)11-13-8-7-10-17(13)5-2/h12-14,16H,4-11H2,1-3H3. The first kappa shape index (κ1) is 14.8. The Labute approximate surface area is 117 Å². The molecule has 0 spiro atoms. The van der Waals surface area contributed by atoms with E-state index in [1.54, 1.807) is 0 Å². The van der Waals surface area contributed by atoms with E-state index in [-0.39, 0.29) is 12.2 Å². The van der Waals surface area contributed by atoms with E-state index in [1.165, 1.54) is 19.4 Å². The van der Waals surface area contributed by atoms with Crippen molar-refractivity contribution >= 4 is 5.91 Å². The molecule has 2 rings (SSSR count). The highest BCUT2D eigenvalue weighted by molar-refractivity contribution is 5.84. The number of unbranched alkanes of at least 4 members (excludes halogenated alkanes) is 1. The Morgan fingerprint density at radius 1 is 1.37 bits per heavy atom. The maximum atomic E-state index is 12.4. The highest BCUT2D eigenvalue weighted by Gasteiger charge is 2.38. The van der Waals surface area contributed by atoms with Crippen LogP contribution in [0.25, 0.3) is 0 Å². The summed E-state index contributed by atoms with van der Waals surface area (Å²) in [5.74, 6) is 0.323. The second-order valence-corrected chi connectivity index (χ2v) is 5.95. The molecule has 0 aromatic rings. The number of likely N-dealkylation sites (N-methyl/N-ethyl adjacent to an activating group) is 1. The lowest BCUT2D eigenvalue weighted by Crippen LogP contribution is -2.44. The Morgan fingerprint density at radius 3 is 2.84 bits per heavy atom. The van der Waals surface area contributed by atoms with Gasteiger partial charge in [0.05, 0.1) is 12.2 Å². The fraction of sp³-hybridized carbons (Fsp3) is 0.933. The fourth-order valence-electron chi connectivity index (χ4n) is 3.45. The van der Waals surface area contributed by atoms with Crippen molar-refractivity contribution in [1.29, 1.82) is 0 Å². The number of carbonyl (C=O) groups excluding carboxylic acids is 1. The van der Waals surface area contributed by atoms with Gasteiger partial charge in [0, 0.05) is 12.6 Å². The Kier molecular flexibility index (Phi) is 5.22. The van der Waals surface area contributed by atoms with E-state index in [1.807, 2.05) is 0 Å². The molecule has 19 heavy (non-hydrogen) atoms. The van der Waals surface area contributed by atoms with Gasteiger partial charge in [0.2, 0.25) is 5.91 Å². The number of carbonyl (C=O) groups is 1. The van der Waals surface area contributed by atoms with Gasteiger partial charge in [0.1, 0.15) is 0 Å². The topological polar surface area (TPSA) is 35.6 Å². The van der Waals surface area contributed by atoms with E-state index in [4.69, 9.17) is 0 Å². The lowest BCUT2D eigenvalue weighted by Gasteiger charge is -2.29. The Hall–Kier alpha value is -0.610. The third kappa shape index (κ3) is 3.29. The molecule has 2 aliphatic heterocycles. The molecule has 110 valence electrons. The van der Waals surface area contributed by atoms with E-state index in [0.717, 1.165) is 32.4 Å². The molecule has 3 atom stereocenters. The predicted octanol–water partition coefficient (Wildman–Crippen LogP) is 1.81. The number of rotatable bonds is 6. The molecule has 0 bridgehead atoms. The number of nitrogens with zero attached hydrogens (tertiary/aromatic N) is 2. The second-order valence-electron chi connectivity index (χ2n) is 5.95. The minimum Gasteiger partial charge on any atom is -0.325 e. The Balaban J connectivity index is 1.91. The molecule has 2 aliphatic rings. The Morgan fingerprint density at radius 2 is 2.16 bits per heavy atom. The second kappa shape index (κ2) is 6.71. The summed E-state index contributed by atoms with van der Waals surface area (Å²) in [6, 6.07) is 0.634. The van der Waals surface area contributed by atoms with E-state index < -0.39 is 0 Å². The summed E-state index contributed by atoms with van der Waals surface area (Å²) in [6.45, 7) is 9.73. The Bertz CT molecular complexity index is 308. The lowest BCUT2D eigenvalue weighted by molar-refractivity contribution is -0.130. The molecular formula is C15H29N3O. The highest BCUT2D eigenvalue weighted by Crippen LogP contribution is 2.22. The van der Waals surface area contributed by atoms with Crippen LogP contribution in [0.2, 0.25) is 0 Å². The number of hydrogen-bond acceptors (Lipinski definition) is 3. The van der Waals surface area contributed by atoms with Crippen LogP contribution in [0.3, 0.4) is 0 Å². The van der Waals surface area contributed by atoms with Crippen molar-refractivity contribution in [2.45, 2.75) is 71.1 Å². The fourth-order valence-corrected chi connectivity index (χ4v) is 3.45. The predicted molar refractivity (Wildman–Crippen MR) is 77.9 cm³/mol. The zero-order valence-corrected chi connectivity index (χ0v) is 12.7. The van der Waals surface area contributed by atoms with E-state index in [2.05, 4.69) is 35.9 Å². The molecule has 0 aromatic carbocycles. The summed E-state index contributed by atoms with van der Waals surface area (Å²) in [5.41, 5.74) is 0. The van der Waals surface area contributed by atoms with Crippen LogP contribution in [0.15, 0.2) is 0 Å². The normalized spacial score (nSPS) is 32.5. The van der Waals surface area contributed by atoms with Crippen LogP contribution in [0.1, 0.15) is 52.9 Å². The van der Waals surface area contributed by atoms with Crippen LogP contribution in [-0.4, -0.2) is 53.6 Å². The minimum absolute atomic E-state index is 0.0615. The average molecular weight is 267 g/mol. The zero-order valence-electron chi connectivity index (χ0n) is 12.7. The molecule has 1 amide bonds. The van der Waals surface area contributed by atoms with Gasteiger partial charge in [0.15, 0.2) is 0 Å². The van der Waals surface area contributed by atoms with Gasteiger partial charge in [-0.15, -0.1) is 0 Å². The molecule has 2 fully saturated rings. The van der Waals surface area contributed by atoms with Crippen LogP contribution < -0.4 is 5.32 Å². The lowest BCUT2D eigenvalue weighted by atomic mass is 10.1. The van der Waals surface area contributed by atoms with E-state index >= 15 is 0 Å². The van der Waals surface area contributed by atoms with Gasteiger partial charge in [0.25, 0.3) is 0 Å². The largest absolute Gasteiger partial charge is 0.325 e. The maximum absolute atomic E-state index is 12.4. The maximum Gasteiger partial charge on any atom is 0.241 e. The van der Waals surface area contributed by atoms with E-state index in [0.29, 0.717) is 11.9 Å². The molecule has 0 aromatic heterocycles. The minimum atomic E-state index is 0.0615. The summed E-state index contributed by atoms with van der Waals surface area (Å²) < 4.78 is 0. The van der Waals surface area contributed by atoms with Gasteiger partial charge in [-0.2, -0.15) is 0 Å². The van der Waals surface area contributed by atoms with Crippen molar-refractivity contribution in [3.63, 3.8) is 0 Å². The van der Waals surface area contributed by atoms with Gasteiger partial charge in [-0.3, -0.25) is 15.0 Å². The average Bonchev–Trinajstić information content (AvgIpc) is 2.96. The molecule has 2 saturated heterocycles. The van der Waals surface area contributed by atoms with Crippen molar-refractivity contribution in [3.05, 3.63) is 0 Å². The van der Waals surface area contributed by atoms with Gasteiger partial charge in [-0.05, 0) is 39.3 Å². The molecule has 3 unspecified atom stereocenters. The number of amides is 1. The zero-order chi connectivity index (χ0) is 13.8. The summed E-state index contributed by atoms with van der Waals surface area (Å²) in [4.78, 5) is 17.0. The van der Waals surface area contributed by atoms with Crippen molar-refractivity contribution in [3.8, 4) is 0 Å². The molecule has 0 saturated carbocycles. The van der Waals surface area contributed by atoms with Gasteiger partial charge < -0.3 is 4.90 Å². The highest BCUT2D eigenvalue weighted by atomic mass is 16.2. The molecule has 2 heterocycles. The third-order valence-electron chi connectivity index (χ3n) is 4.65. The van der Waals surface area contributed by atoms with Gasteiger partial charge in [-0.25, -0.2) is 0 Å². The number of hydrogen-bond donors (Lipinski definition) is 1. The van der Waals surface area contributed by atoms with Crippen LogP contribution in [0.5, 0.6) is 0 Å². The van der Waals surface area contributed by atoms with Crippen LogP contribution in [-0.2, 0) is 4.79 Å². The van der Waals surface area contributed by atoms with Crippen molar-refractivity contribution in [1.82, 2.24) is 15.1 Å². The molecule has 1 N–H and O–H groups in total. The molecular weight excluding hydrogens is 238 g/mol. The van der Waals surface area contributed by atoms with Crippen molar-refractivity contribution in [2.24, 2.45) is 0 Å². The molecule has 0 radical (unpaired) electrons. The first-order valence-electron chi connectivity index (χ1n) is 7.98. The molecule has 0 aliphatic carbocycles. The quantitative estimate of drug-likeness (QED) is 0.797. The summed E-state index contributed by atoms with van der Waals surface area (Å²) in [6.07, 6.45) is 6.00. The van der Waals surface area contributed by atoms with Crippen LogP contribution >= 0.6 is 0 Å². The smallest absolute Gasteiger partial charge is 0.241 e. The summed E-state index contributed by atoms with van der Waals surface area (Å²) in [7, 11) is 0. The number of likely N-dealkylation sites (tertiary alicyclic amines) is 1. The molecule has 4 heteroatoms.